The number of hydrogen-bond acceptors (Lipinski definition) is 2. The second kappa shape index (κ2) is 5.40. The van der Waals surface area contributed by atoms with Gasteiger partial charge >= 0.3 is 0 Å². The zero-order chi connectivity index (χ0) is 14.0. The summed E-state index contributed by atoms with van der Waals surface area (Å²) in [4.78, 5) is 0. The lowest BCUT2D eigenvalue weighted by Gasteiger charge is -2.11. The molecule has 0 amide bonds. The summed E-state index contributed by atoms with van der Waals surface area (Å²) in [5, 5.41) is 7.52. The molecule has 2 aromatic rings. The van der Waals surface area contributed by atoms with E-state index in [1.54, 1.807) is 37.3 Å². The molecule has 2 rings (SSSR count). The van der Waals surface area contributed by atoms with E-state index in [1.807, 2.05) is 0 Å². The van der Waals surface area contributed by atoms with Crippen molar-refractivity contribution in [1.82, 2.24) is 0 Å². The maximum Gasteiger partial charge on any atom is 0.138 e. The van der Waals surface area contributed by atoms with Crippen LogP contribution in [0.5, 0.6) is 11.5 Å². The highest BCUT2D eigenvalue weighted by atomic mass is 79.9. The maximum atomic E-state index is 13.5. The Morgan fingerprint density at radius 1 is 1.26 bits per heavy atom. The van der Waals surface area contributed by atoms with Crippen LogP contribution in [0, 0.1) is 18.2 Å². The lowest BCUT2D eigenvalue weighted by atomic mass is 10.2. The molecule has 0 aliphatic carbocycles. The second-order valence-electron chi connectivity index (χ2n) is 4.07. The van der Waals surface area contributed by atoms with E-state index in [2.05, 4.69) is 15.9 Å². The lowest BCUT2D eigenvalue weighted by molar-refractivity contribution is 0.475. The predicted molar refractivity (Wildman–Crippen MR) is 76.4 cm³/mol. The Hall–Kier alpha value is -1.88. The molecule has 3 N–H and O–H groups in total. The molecule has 0 saturated heterocycles. The molecule has 0 saturated carbocycles. The van der Waals surface area contributed by atoms with Crippen LogP contribution in [0.4, 0.5) is 4.39 Å². The fourth-order valence-corrected chi connectivity index (χ4v) is 1.93. The number of ether oxygens (including phenoxy) is 1. The summed E-state index contributed by atoms with van der Waals surface area (Å²) in [6, 6.07) is 9.75. The van der Waals surface area contributed by atoms with Crippen molar-refractivity contribution in [3.8, 4) is 11.5 Å². The van der Waals surface area contributed by atoms with Crippen LogP contribution >= 0.6 is 15.9 Å². The molecule has 0 spiro atoms. The molecule has 0 radical (unpaired) electrons. The highest BCUT2D eigenvalue weighted by Gasteiger charge is 2.09. The van der Waals surface area contributed by atoms with Crippen molar-refractivity contribution in [2.24, 2.45) is 5.73 Å². The molecule has 0 fully saturated rings. The number of hydrogen-bond donors (Lipinski definition) is 2. The van der Waals surface area contributed by atoms with Crippen LogP contribution in [0.25, 0.3) is 0 Å². The predicted octanol–water partition coefficient (Wildman–Crippen LogP) is 3.97. The van der Waals surface area contributed by atoms with Crippen molar-refractivity contribution >= 4 is 21.8 Å². The van der Waals surface area contributed by atoms with E-state index in [0.29, 0.717) is 22.6 Å². The van der Waals surface area contributed by atoms with Crippen LogP contribution in [0.2, 0.25) is 0 Å². The Labute approximate surface area is 118 Å². The van der Waals surface area contributed by atoms with Crippen LogP contribution < -0.4 is 10.5 Å². The second-order valence-corrected chi connectivity index (χ2v) is 4.98. The molecule has 98 valence electrons. The number of nitrogen functional groups attached to an aromatic ring is 1. The molecule has 19 heavy (non-hydrogen) atoms. The van der Waals surface area contributed by atoms with E-state index in [9.17, 15) is 4.39 Å². The molecule has 0 atom stereocenters. The van der Waals surface area contributed by atoms with Gasteiger partial charge in [0, 0.05) is 10.5 Å². The van der Waals surface area contributed by atoms with E-state index < -0.39 is 0 Å². The van der Waals surface area contributed by atoms with Gasteiger partial charge in [0.1, 0.15) is 23.2 Å². The number of rotatable bonds is 3. The first kappa shape index (κ1) is 13.5. The van der Waals surface area contributed by atoms with E-state index in [-0.39, 0.29) is 11.7 Å². The van der Waals surface area contributed by atoms with Crippen molar-refractivity contribution in [3.63, 3.8) is 0 Å². The average Bonchev–Trinajstić information content (AvgIpc) is 2.36. The molecule has 0 aliphatic heterocycles. The fraction of sp³-hybridized carbons (Fsp3) is 0.0714. The number of nitrogens with one attached hydrogen (secondary N) is 1. The van der Waals surface area contributed by atoms with E-state index in [4.69, 9.17) is 15.9 Å². The quantitative estimate of drug-likeness (QED) is 0.663. The molecule has 0 aromatic heterocycles. The van der Waals surface area contributed by atoms with Gasteiger partial charge < -0.3 is 10.5 Å². The molecule has 5 heteroatoms. The van der Waals surface area contributed by atoms with E-state index in [1.165, 1.54) is 6.07 Å². The molecule has 0 bridgehead atoms. The van der Waals surface area contributed by atoms with Gasteiger partial charge in [-0.05, 0) is 36.8 Å². The summed E-state index contributed by atoms with van der Waals surface area (Å²) in [7, 11) is 0. The minimum absolute atomic E-state index is 0.108. The van der Waals surface area contributed by atoms with Gasteiger partial charge in [-0.25, -0.2) is 4.39 Å². The van der Waals surface area contributed by atoms with Gasteiger partial charge in [0.05, 0.1) is 5.56 Å². The molecule has 3 nitrogen and oxygen atoms in total. The van der Waals surface area contributed by atoms with Crippen LogP contribution in [0.15, 0.2) is 40.9 Å². The van der Waals surface area contributed by atoms with Crippen LogP contribution in [-0.2, 0) is 0 Å². The van der Waals surface area contributed by atoms with Crippen molar-refractivity contribution in [1.29, 1.82) is 5.41 Å². The van der Waals surface area contributed by atoms with Gasteiger partial charge in [-0.1, -0.05) is 22.0 Å². The van der Waals surface area contributed by atoms with Crippen LogP contribution in [0.1, 0.15) is 11.1 Å². The minimum atomic E-state index is -0.334. The third kappa shape index (κ3) is 3.12. The first-order valence-corrected chi connectivity index (χ1v) is 6.34. The topological polar surface area (TPSA) is 59.1 Å². The summed E-state index contributed by atoms with van der Waals surface area (Å²) in [6.45, 7) is 1.68. The molecule has 2 aromatic carbocycles. The maximum absolute atomic E-state index is 13.5. The van der Waals surface area contributed by atoms with Crippen molar-refractivity contribution in [3.05, 3.63) is 57.8 Å². The molecule has 0 heterocycles. The zero-order valence-electron chi connectivity index (χ0n) is 10.2. The number of aryl methyl sites for hydroxylation is 1. The van der Waals surface area contributed by atoms with E-state index in [0.717, 1.165) is 4.47 Å². The number of amidine groups is 1. The molecular weight excluding hydrogens is 311 g/mol. The molecule has 0 aliphatic rings. The summed E-state index contributed by atoms with van der Waals surface area (Å²) in [6.07, 6.45) is 0. The zero-order valence-corrected chi connectivity index (χ0v) is 11.8. The van der Waals surface area contributed by atoms with Gasteiger partial charge in [-0.15, -0.1) is 0 Å². The van der Waals surface area contributed by atoms with Crippen molar-refractivity contribution in [2.75, 3.05) is 0 Å². The van der Waals surface area contributed by atoms with Crippen molar-refractivity contribution in [2.45, 2.75) is 6.92 Å². The summed E-state index contributed by atoms with van der Waals surface area (Å²) in [5.41, 5.74) is 6.50. The first-order chi connectivity index (χ1) is 8.97. The Bertz CT molecular complexity index is 643. The number of benzene rings is 2. The Morgan fingerprint density at radius 2 is 2.00 bits per heavy atom. The molecular formula is C14H12BrFN2O. The third-order valence-corrected chi connectivity index (χ3v) is 3.10. The van der Waals surface area contributed by atoms with Gasteiger partial charge in [-0.3, -0.25) is 5.41 Å². The highest BCUT2D eigenvalue weighted by molar-refractivity contribution is 9.10. The SMILES string of the molecule is Cc1ccc(Oc2ccc(Br)cc2C(=N)N)cc1F. The monoisotopic (exact) mass is 322 g/mol. The number of halogens is 2. The lowest BCUT2D eigenvalue weighted by Crippen LogP contribution is -2.12. The minimum Gasteiger partial charge on any atom is -0.456 e. The summed E-state index contributed by atoms with van der Waals surface area (Å²) < 4.78 is 19.8. The normalized spacial score (nSPS) is 10.3. The van der Waals surface area contributed by atoms with Crippen LogP contribution in [0.3, 0.4) is 0 Å². The van der Waals surface area contributed by atoms with E-state index >= 15 is 0 Å². The Balaban J connectivity index is 2.37. The van der Waals surface area contributed by atoms with Gasteiger partial charge in [0.2, 0.25) is 0 Å². The van der Waals surface area contributed by atoms with Crippen LogP contribution in [-0.4, -0.2) is 5.84 Å². The standard InChI is InChI=1S/C14H12BrFN2O/c1-8-2-4-10(7-12(8)16)19-13-5-3-9(15)6-11(13)14(17)18/h2-7H,1H3,(H3,17,18). The number of nitrogens with two attached hydrogens (primary N) is 1. The largest absolute Gasteiger partial charge is 0.456 e. The highest BCUT2D eigenvalue weighted by Crippen LogP contribution is 2.28. The summed E-state index contributed by atoms with van der Waals surface area (Å²) in [5.74, 6) is 0.342. The smallest absolute Gasteiger partial charge is 0.138 e. The Morgan fingerprint density at radius 3 is 2.63 bits per heavy atom. The van der Waals surface area contributed by atoms with Gasteiger partial charge in [0.15, 0.2) is 0 Å². The first-order valence-electron chi connectivity index (χ1n) is 5.55. The van der Waals surface area contributed by atoms with Gasteiger partial charge in [-0.2, -0.15) is 0 Å². The summed E-state index contributed by atoms with van der Waals surface area (Å²) >= 11 is 3.30. The third-order valence-electron chi connectivity index (χ3n) is 2.60. The average molecular weight is 323 g/mol. The Kier molecular flexibility index (Phi) is 3.85. The van der Waals surface area contributed by atoms with Gasteiger partial charge in [0.25, 0.3) is 0 Å². The van der Waals surface area contributed by atoms with Crippen molar-refractivity contribution < 1.29 is 9.13 Å². The fourth-order valence-electron chi connectivity index (χ4n) is 1.57. The molecule has 0 unspecified atom stereocenters.